The van der Waals surface area contributed by atoms with Crippen LogP contribution in [0.1, 0.15) is 16.1 Å². The quantitative estimate of drug-likeness (QED) is 0.896. The number of pyridine rings is 1. The van der Waals surface area contributed by atoms with Gasteiger partial charge in [0.05, 0.1) is 17.5 Å². The molecule has 1 N–H and O–H groups in total. The van der Waals surface area contributed by atoms with Gasteiger partial charge in [0, 0.05) is 38.9 Å². The van der Waals surface area contributed by atoms with Gasteiger partial charge in [-0.3, -0.25) is 4.90 Å². The van der Waals surface area contributed by atoms with Crippen LogP contribution in [-0.4, -0.2) is 63.5 Å². The van der Waals surface area contributed by atoms with Crippen LogP contribution in [0.4, 0.5) is 0 Å². The highest BCUT2D eigenvalue weighted by Crippen LogP contribution is 2.12. The van der Waals surface area contributed by atoms with E-state index in [0.29, 0.717) is 0 Å². The number of imidazole rings is 1. The van der Waals surface area contributed by atoms with Crippen LogP contribution in [0, 0.1) is 0 Å². The Balaban J connectivity index is 1.84. The standard InChI is InChI=1S/C14H18N4O2/c1-16-4-6-17(7-5-16)10-12-8-15-13-3-2-11(14(19)20)9-18(12)13/h2-3,8-9H,4-7,10H2,1H3,(H,19,20). The molecule has 6 nitrogen and oxygen atoms in total. The first kappa shape index (κ1) is 13.1. The van der Waals surface area contributed by atoms with E-state index in [4.69, 9.17) is 5.11 Å². The maximum Gasteiger partial charge on any atom is 0.337 e. The summed E-state index contributed by atoms with van der Waals surface area (Å²) in [6.45, 7) is 5.00. The van der Waals surface area contributed by atoms with Crippen molar-refractivity contribution in [3.05, 3.63) is 35.8 Å². The van der Waals surface area contributed by atoms with E-state index in [-0.39, 0.29) is 5.56 Å². The van der Waals surface area contributed by atoms with Gasteiger partial charge in [0.25, 0.3) is 0 Å². The zero-order chi connectivity index (χ0) is 14.1. The zero-order valence-corrected chi connectivity index (χ0v) is 11.5. The molecule has 0 spiro atoms. The molecule has 0 saturated carbocycles. The molecule has 2 aromatic rings. The van der Waals surface area contributed by atoms with Crippen LogP contribution in [0.2, 0.25) is 0 Å². The van der Waals surface area contributed by atoms with Gasteiger partial charge in [-0.05, 0) is 19.2 Å². The Morgan fingerprint density at radius 2 is 2.05 bits per heavy atom. The summed E-state index contributed by atoms with van der Waals surface area (Å²) in [6, 6.07) is 3.33. The normalized spacial score (nSPS) is 17.6. The van der Waals surface area contributed by atoms with Crippen LogP contribution in [0.3, 0.4) is 0 Å². The van der Waals surface area contributed by atoms with Gasteiger partial charge < -0.3 is 14.4 Å². The van der Waals surface area contributed by atoms with E-state index in [1.54, 1.807) is 18.3 Å². The number of carboxylic acid groups (broad SMARTS) is 1. The molecule has 0 bridgehead atoms. The van der Waals surface area contributed by atoms with Crippen LogP contribution in [-0.2, 0) is 6.54 Å². The lowest BCUT2D eigenvalue weighted by molar-refractivity contribution is 0.0696. The molecule has 3 rings (SSSR count). The molecule has 0 aromatic carbocycles. The van der Waals surface area contributed by atoms with Gasteiger partial charge in [-0.2, -0.15) is 0 Å². The van der Waals surface area contributed by atoms with Crippen LogP contribution >= 0.6 is 0 Å². The SMILES string of the molecule is CN1CCN(Cc2cnc3ccc(C(=O)O)cn23)CC1. The number of rotatable bonds is 3. The molecule has 1 aliphatic rings. The van der Waals surface area contributed by atoms with E-state index in [1.165, 1.54) is 0 Å². The summed E-state index contributed by atoms with van der Waals surface area (Å²) in [5, 5.41) is 9.07. The van der Waals surface area contributed by atoms with E-state index in [9.17, 15) is 4.79 Å². The van der Waals surface area contributed by atoms with Gasteiger partial charge in [-0.25, -0.2) is 9.78 Å². The lowest BCUT2D eigenvalue weighted by atomic mass is 10.3. The van der Waals surface area contributed by atoms with Gasteiger partial charge in [-0.15, -0.1) is 0 Å². The van der Waals surface area contributed by atoms with Crippen molar-refractivity contribution in [3.63, 3.8) is 0 Å². The molecule has 0 aliphatic carbocycles. The fourth-order valence-corrected chi connectivity index (χ4v) is 2.51. The van der Waals surface area contributed by atoms with Crippen molar-refractivity contribution in [2.75, 3.05) is 33.2 Å². The molecule has 0 radical (unpaired) electrons. The van der Waals surface area contributed by atoms with Crippen LogP contribution in [0.25, 0.3) is 5.65 Å². The van der Waals surface area contributed by atoms with Gasteiger partial charge in [0.1, 0.15) is 5.65 Å². The minimum absolute atomic E-state index is 0.287. The first-order chi connectivity index (χ1) is 9.63. The van der Waals surface area contributed by atoms with Crippen LogP contribution in [0.15, 0.2) is 24.5 Å². The summed E-state index contributed by atoms with van der Waals surface area (Å²) in [5.41, 5.74) is 2.11. The molecule has 0 amide bonds. The number of fused-ring (bicyclic) bond motifs is 1. The number of nitrogens with zero attached hydrogens (tertiary/aromatic N) is 4. The number of aromatic carboxylic acids is 1. The van der Waals surface area contributed by atoms with Crippen molar-refractivity contribution in [1.82, 2.24) is 19.2 Å². The van der Waals surface area contributed by atoms with E-state index in [1.807, 2.05) is 10.6 Å². The Kier molecular flexibility index (Phi) is 3.42. The van der Waals surface area contributed by atoms with Crippen molar-refractivity contribution < 1.29 is 9.90 Å². The smallest absolute Gasteiger partial charge is 0.337 e. The first-order valence-corrected chi connectivity index (χ1v) is 6.73. The number of hydrogen-bond acceptors (Lipinski definition) is 4. The molecule has 0 unspecified atom stereocenters. The predicted molar refractivity (Wildman–Crippen MR) is 74.9 cm³/mol. The highest BCUT2D eigenvalue weighted by molar-refractivity contribution is 5.87. The third-order valence-corrected chi connectivity index (χ3v) is 3.81. The fraction of sp³-hybridized carbons (Fsp3) is 0.429. The maximum atomic E-state index is 11.1. The lowest BCUT2D eigenvalue weighted by Crippen LogP contribution is -2.44. The summed E-state index contributed by atoms with van der Waals surface area (Å²) < 4.78 is 1.88. The van der Waals surface area contributed by atoms with E-state index >= 15 is 0 Å². The number of likely N-dealkylation sites (N-methyl/N-ethyl adjacent to an activating group) is 1. The monoisotopic (exact) mass is 274 g/mol. The highest BCUT2D eigenvalue weighted by atomic mass is 16.4. The lowest BCUT2D eigenvalue weighted by Gasteiger charge is -2.32. The summed E-state index contributed by atoms with van der Waals surface area (Å²) >= 11 is 0. The molecule has 2 aromatic heterocycles. The molecule has 0 atom stereocenters. The summed E-state index contributed by atoms with van der Waals surface area (Å²) in [4.78, 5) is 20.1. The second-order valence-corrected chi connectivity index (χ2v) is 5.28. The molecule has 20 heavy (non-hydrogen) atoms. The van der Waals surface area contributed by atoms with Crippen LogP contribution in [0.5, 0.6) is 0 Å². The molecule has 3 heterocycles. The zero-order valence-electron chi connectivity index (χ0n) is 11.5. The highest BCUT2D eigenvalue weighted by Gasteiger charge is 2.16. The molecule has 1 saturated heterocycles. The number of carbonyl (C=O) groups is 1. The van der Waals surface area contributed by atoms with Gasteiger partial charge in [0.2, 0.25) is 0 Å². The summed E-state index contributed by atoms with van der Waals surface area (Å²) in [5.74, 6) is -0.911. The van der Waals surface area contributed by atoms with Crippen molar-refractivity contribution in [1.29, 1.82) is 0 Å². The number of aromatic nitrogens is 2. The largest absolute Gasteiger partial charge is 0.478 e. The molecule has 1 fully saturated rings. The Hall–Kier alpha value is -1.92. The second-order valence-electron chi connectivity index (χ2n) is 5.28. The van der Waals surface area contributed by atoms with Crippen molar-refractivity contribution in [2.24, 2.45) is 0 Å². The number of piperazine rings is 1. The minimum atomic E-state index is -0.911. The molecule has 106 valence electrons. The fourth-order valence-electron chi connectivity index (χ4n) is 2.51. The Morgan fingerprint density at radius 3 is 2.75 bits per heavy atom. The Bertz CT molecular complexity index is 629. The maximum absolute atomic E-state index is 11.1. The first-order valence-electron chi connectivity index (χ1n) is 6.73. The van der Waals surface area contributed by atoms with Gasteiger partial charge >= 0.3 is 5.97 Å². The average molecular weight is 274 g/mol. The third kappa shape index (κ3) is 2.52. The van der Waals surface area contributed by atoms with Gasteiger partial charge in [-0.1, -0.05) is 0 Å². The van der Waals surface area contributed by atoms with Gasteiger partial charge in [0.15, 0.2) is 0 Å². The minimum Gasteiger partial charge on any atom is -0.478 e. The van der Waals surface area contributed by atoms with Crippen molar-refractivity contribution in [3.8, 4) is 0 Å². The van der Waals surface area contributed by atoms with E-state index in [2.05, 4.69) is 21.8 Å². The number of hydrogen-bond donors (Lipinski definition) is 1. The molecular weight excluding hydrogens is 256 g/mol. The predicted octanol–water partition coefficient (Wildman–Crippen LogP) is 0.780. The molecule has 6 heteroatoms. The van der Waals surface area contributed by atoms with E-state index in [0.717, 1.165) is 44.1 Å². The molecule has 1 aliphatic heterocycles. The topological polar surface area (TPSA) is 61.1 Å². The second kappa shape index (κ2) is 5.22. The average Bonchev–Trinajstić information content (AvgIpc) is 2.84. The summed E-state index contributed by atoms with van der Waals surface area (Å²) in [7, 11) is 2.13. The Labute approximate surface area is 117 Å². The van der Waals surface area contributed by atoms with Crippen molar-refractivity contribution >= 4 is 11.6 Å². The Morgan fingerprint density at radius 1 is 1.30 bits per heavy atom. The van der Waals surface area contributed by atoms with E-state index < -0.39 is 5.97 Å². The third-order valence-electron chi connectivity index (χ3n) is 3.81. The molecular formula is C14H18N4O2. The van der Waals surface area contributed by atoms with Crippen LogP contribution < -0.4 is 0 Å². The van der Waals surface area contributed by atoms with Crippen molar-refractivity contribution in [2.45, 2.75) is 6.54 Å². The number of carboxylic acids is 1. The summed E-state index contributed by atoms with van der Waals surface area (Å²) in [6.07, 6.45) is 3.48.